The lowest BCUT2D eigenvalue weighted by molar-refractivity contribution is -0.121. The van der Waals surface area contributed by atoms with Crippen molar-refractivity contribution in [2.24, 2.45) is 0 Å². The standard InChI is InChI=1S/C21H23N3O2S/c1-16-6-8-17(9-7-16)15-27-13-11-22-21(26)10-12-24-19-5-3-2-4-18(19)20(25)14-23-24/h2-9,14H,10-13,15H2,1H3,(H,22,26). The van der Waals surface area contributed by atoms with Gasteiger partial charge in [-0.1, -0.05) is 42.0 Å². The summed E-state index contributed by atoms with van der Waals surface area (Å²) < 4.78 is 1.71. The predicted molar refractivity (Wildman–Crippen MR) is 111 cm³/mol. The Kier molecular flexibility index (Phi) is 6.65. The van der Waals surface area contributed by atoms with Crippen molar-refractivity contribution in [2.45, 2.75) is 25.6 Å². The molecule has 27 heavy (non-hydrogen) atoms. The van der Waals surface area contributed by atoms with Crippen molar-refractivity contribution >= 4 is 28.6 Å². The first-order valence-corrected chi connectivity index (χ1v) is 10.1. The van der Waals surface area contributed by atoms with E-state index in [4.69, 9.17) is 0 Å². The van der Waals surface area contributed by atoms with Gasteiger partial charge in [-0.05, 0) is 24.6 Å². The Morgan fingerprint density at radius 3 is 2.74 bits per heavy atom. The van der Waals surface area contributed by atoms with E-state index in [1.807, 2.05) is 18.2 Å². The van der Waals surface area contributed by atoms with Gasteiger partial charge in [0.2, 0.25) is 11.3 Å². The van der Waals surface area contributed by atoms with Crippen LogP contribution in [0.1, 0.15) is 17.5 Å². The van der Waals surface area contributed by atoms with Crippen LogP contribution in [0.25, 0.3) is 10.9 Å². The fraction of sp³-hybridized carbons (Fsp3) is 0.286. The van der Waals surface area contributed by atoms with E-state index in [1.54, 1.807) is 22.5 Å². The molecule has 0 fully saturated rings. The number of amides is 1. The van der Waals surface area contributed by atoms with Gasteiger partial charge in [-0.25, -0.2) is 0 Å². The van der Waals surface area contributed by atoms with Gasteiger partial charge in [-0.15, -0.1) is 0 Å². The normalized spacial score (nSPS) is 10.9. The molecule has 0 unspecified atom stereocenters. The number of benzene rings is 2. The second kappa shape index (κ2) is 9.37. The molecule has 140 valence electrons. The topological polar surface area (TPSA) is 64.0 Å². The zero-order valence-electron chi connectivity index (χ0n) is 15.4. The van der Waals surface area contributed by atoms with Crippen LogP contribution in [0, 0.1) is 6.92 Å². The number of nitrogens with one attached hydrogen (secondary N) is 1. The van der Waals surface area contributed by atoms with Crippen molar-refractivity contribution in [3.63, 3.8) is 0 Å². The monoisotopic (exact) mass is 381 g/mol. The highest BCUT2D eigenvalue weighted by atomic mass is 32.2. The Hall–Kier alpha value is -2.60. The fourth-order valence-electron chi connectivity index (χ4n) is 2.77. The zero-order valence-corrected chi connectivity index (χ0v) is 16.2. The van der Waals surface area contributed by atoms with Crippen LogP contribution in [0.5, 0.6) is 0 Å². The quantitative estimate of drug-likeness (QED) is 0.609. The van der Waals surface area contributed by atoms with Crippen molar-refractivity contribution in [3.05, 3.63) is 76.1 Å². The number of hydrogen-bond acceptors (Lipinski definition) is 4. The van der Waals surface area contributed by atoms with Gasteiger partial charge in [0.25, 0.3) is 0 Å². The van der Waals surface area contributed by atoms with Crippen molar-refractivity contribution in [1.82, 2.24) is 15.1 Å². The van der Waals surface area contributed by atoms with Crippen LogP contribution in [-0.4, -0.2) is 28.0 Å². The van der Waals surface area contributed by atoms with Gasteiger partial charge in [-0.3, -0.25) is 14.3 Å². The van der Waals surface area contributed by atoms with Crippen molar-refractivity contribution in [1.29, 1.82) is 0 Å². The highest BCUT2D eigenvalue weighted by Gasteiger charge is 2.06. The summed E-state index contributed by atoms with van der Waals surface area (Å²) in [6.45, 7) is 3.18. The van der Waals surface area contributed by atoms with Crippen LogP contribution in [0.4, 0.5) is 0 Å². The number of nitrogens with zero attached hydrogens (tertiary/aromatic N) is 2. The largest absolute Gasteiger partial charge is 0.355 e. The molecule has 6 heteroatoms. The number of rotatable bonds is 8. The van der Waals surface area contributed by atoms with E-state index in [2.05, 4.69) is 41.6 Å². The van der Waals surface area contributed by atoms with Gasteiger partial charge in [0.15, 0.2) is 0 Å². The van der Waals surface area contributed by atoms with Gasteiger partial charge in [-0.2, -0.15) is 16.9 Å². The Balaban J connectivity index is 1.41. The van der Waals surface area contributed by atoms with E-state index in [1.165, 1.54) is 17.3 Å². The van der Waals surface area contributed by atoms with Crippen LogP contribution >= 0.6 is 11.8 Å². The molecule has 0 radical (unpaired) electrons. The summed E-state index contributed by atoms with van der Waals surface area (Å²) in [5.41, 5.74) is 3.22. The predicted octanol–water partition coefficient (Wildman–Crippen LogP) is 3.14. The minimum Gasteiger partial charge on any atom is -0.355 e. The van der Waals surface area contributed by atoms with Crippen LogP contribution in [0.15, 0.2) is 59.5 Å². The summed E-state index contributed by atoms with van der Waals surface area (Å²) in [6, 6.07) is 15.8. The molecule has 5 nitrogen and oxygen atoms in total. The van der Waals surface area contributed by atoms with Crippen LogP contribution in [0.3, 0.4) is 0 Å². The molecule has 0 saturated carbocycles. The lowest BCUT2D eigenvalue weighted by Crippen LogP contribution is -2.27. The SMILES string of the molecule is Cc1ccc(CSCCNC(=O)CCn2ncc(=O)c3ccccc32)cc1. The number of aryl methyl sites for hydroxylation is 2. The third kappa shape index (κ3) is 5.44. The Morgan fingerprint density at radius 1 is 1.15 bits per heavy atom. The molecule has 0 bridgehead atoms. The second-order valence-corrected chi connectivity index (χ2v) is 7.49. The van der Waals surface area contributed by atoms with Gasteiger partial charge >= 0.3 is 0 Å². The van der Waals surface area contributed by atoms with E-state index >= 15 is 0 Å². The minimum absolute atomic E-state index is 0.00415. The lowest BCUT2D eigenvalue weighted by Gasteiger charge is -2.09. The van der Waals surface area contributed by atoms with Crippen molar-refractivity contribution in [2.75, 3.05) is 12.3 Å². The average Bonchev–Trinajstić information content (AvgIpc) is 2.69. The van der Waals surface area contributed by atoms with E-state index in [0.29, 0.717) is 24.9 Å². The number of aromatic nitrogens is 2. The Labute approximate surface area is 162 Å². The number of carbonyl (C=O) groups excluding carboxylic acids is 1. The molecular weight excluding hydrogens is 358 g/mol. The van der Waals surface area contributed by atoms with E-state index in [9.17, 15) is 9.59 Å². The van der Waals surface area contributed by atoms with Gasteiger partial charge < -0.3 is 5.32 Å². The van der Waals surface area contributed by atoms with Gasteiger partial charge in [0, 0.05) is 29.9 Å². The molecule has 0 atom stereocenters. The van der Waals surface area contributed by atoms with Crippen molar-refractivity contribution < 1.29 is 4.79 Å². The van der Waals surface area contributed by atoms with Crippen LogP contribution in [-0.2, 0) is 17.1 Å². The first-order chi connectivity index (χ1) is 13.1. The van der Waals surface area contributed by atoms with E-state index < -0.39 is 0 Å². The second-order valence-electron chi connectivity index (χ2n) is 6.39. The van der Waals surface area contributed by atoms with Gasteiger partial charge in [0.05, 0.1) is 18.3 Å². The minimum atomic E-state index is -0.100. The first-order valence-electron chi connectivity index (χ1n) is 8.98. The number of fused-ring (bicyclic) bond motifs is 1. The molecule has 1 aromatic heterocycles. The summed E-state index contributed by atoms with van der Waals surface area (Å²) in [6.07, 6.45) is 1.64. The highest BCUT2D eigenvalue weighted by molar-refractivity contribution is 7.98. The summed E-state index contributed by atoms with van der Waals surface area (Å²) in [4.78, 5) is 23.9. The molecule has 0 spiro atoms. The number of thioether (sulfide) groups is 1. The molecule has 0 saturated heterocycles. The molecule has 3 aromatic rings. The molecule has 0 aliphatic carbocycles. The van der Waals surface area contributed by atoms with Crippen molar-refractivity contribution in [3.8, 4) is 0 Å². The molecule has 2 aromatic carbocycles. The number of carbonyl (C=O) groups is 1. The molecule has 3 rings (SSSR count). The number of para-hydroxylation sites is 1. The van der Waals surface area contributed by atoms with E-state index in [0.717, 1.165) is 17.0 Å². The smallest absolute Gasteiger partial charge is 0.221 e. The summed E-state index contributed by atoms with van der Waals surface area (Å²) in [5.74, 6) is 1.82. The summed E-state index contributed by atoms with van der Waals surface area (Å²) in [7, 11) is 0. The Morgan fingerprint density at radius 2 is 1.93 bits per heavy atom. The maximum absolute atomic E-state index is 12.1. The Bertz CT molecular complexity index is 967. The highest BCUT2D eigenvalue weighted by Crippen LogP contribution is 2.12. The molecule has 1 amide bonds. The lowest BCUT2D eigenvalue weighted by atomic mass is 10.2. The maximum Gasteiger partial charge on any atom is 0.221 e. The molecular formula is C21H23N3O2S. The van der Waals surface area contributed by atoms with Crippen LogP contribution < -0.4 is 10.7 Å². The fourth-order valence-corrected chi connectivity index (χ4v) is 3.59. The molecule has 1 heterocycles. The molecule has 0 aliphatic rings. The molecule has 1 N–H and O–H groups in total. The third-order valence-electron chi connectivity index (χ3n) is 4.27. The third-order valence-corrected chi connectivity index (χ3v) is 5.30. The van der Waals surface area contributed by atoms with Crippen LogP contribution in [0.2, 0.25) is 0 Å². The average molecular weight is 382 g/mol. The summed E-state index contributed by atoms with van der Waals surface area (Å²) >= 11 is 1.81. The summed E-state index contributed by atoms with van der Waals surface area (Å²) in [5, 5.41) is 7.72. The maximum atomic E-state index is 12.1. The van der Waals surface area contributed by atoms with E-state index in [-0.39, 0.29) is 11.3 Å². The van der Waals surface area contributed by atoms with Gasteiger partial charge in [0.1, 0.15) is 0 Å². The first kappa shape index (κ1) is 19.2. The molecule has 0 aliphatic heterocycles. The number of hydrogen-bond donors (Lipinski definition) is 1. The zero-order chi connectivity index (χ0) is 19.1.